The van der Waals surface area contributed by atoms with Gasteiger partial charge in [-0.3, -0.25) is 25.8 Å². The Morgan fingerprint density at radius 1 is 0.909 bits per heavy atom. The second kappa shape index (κ2) is 19.3. The monoisotopic (exact) mass is 791 g/mol. The van der Waals surface area contributed by atoms with Gasteiger partial charge >= 0.3 is 6.16 Å². The zero-order valence-electron chi connectivity index (χ0n) is 30.4. The standard InChI is InChI=1S/C33H41N7O14S/c1-22-13-14-27(35-20-22)55(46,47)38(33(2,3)53-32(41)50-19-9-8-10-24(54-40(44)45)21-51-39(42)43)30-28(52-26-12-7-6-11-25(26)48-4)31(49-5)37-29(36-30)23-15-17-34-18-16-23/h6-7,11-18,20,24,42-45H,8-10,19,21H2,1-5H3. The molecule has 3 heterocycles. The number of carbonyl (C=O) groups is 1. The second-order valence-electron chi connectivity index (χ2n) is 11.8. The van der Waals surface area contributed by atoms with Crippen LogP contribution in [0.15, 0.2) is 72.1 Å². The third kappa shape index (κ3) is 11.6. The Morgan fingerprint density at radius 2 is 1.62 bits per heavy atom. The summed E-state index contributed by atoms with van der Waals surface area (Å²) in [7, 11) is -2.06. The number of benzene rings is 1. The van der Waals surface area contributed by atoms with Gasteiger partial charge in [-0.25, -0.2) is 28.7 Å². The highest BCUT2D eigenvalue weighted by Gasteiger charge is 2.45. The number of aryl methyl sites for hydroxylation is 1. The van der Waals surface area contributed by atoms with Gasteiger partial charge in [0.2, 0.25) is 5.75 Å². The topological polar surface area (TPSA) is 258 Å². The van der Waals surface area contributed by atoms with E-state index in [0.717, 1.165) is 0 Å². The minimum Gasteiger partial charge on any atom is -0.493 e. The second-order valence-corrected chi connectivity index (χ2v) is 13.5. The van der Waals surface area contributed by atoms with Crippen LogP contribution < -0.4 is 18.5 Å². The molecule has 1 atom stereocenters. The lowest BCUT2D eigenvalue weighted by Crippen LogP contribution is -2.51. The maximum Gasteiger partial charge on any atom is 0.510 e. The molecule has 1 unspecified atom stereocenters. The van der Waals surface area contributed by atoms with Crippen LogP contribution in [-0.2, 0) is 29.2 Å². The normalized spacial score (nSPS) is 12.3. The average Bonchev–Trinajstić information content (AvgIpc) is 3.14. The van der Waals surface area contributed by atoms with E-state index in [2.05, 4.69) is 29.6 Å². The molecular weight excluding hydrogens is 750 g/mol. The van der Waals surface area contributed by atoms with Gasteiger partial charge in [-0.15, -0.1) is 0 Å². The largest absolute Gasteiger partial charge is 0.510 e. The van der Waals surface area contributed by atoms with Crippen molar-refractivity contribution < 1.29 is 67.4 Å². The van der Waals surface area contributed by atoms with Crippen molar-refractivity contribution in [1.29, 1.82) is 0 Å². The molecule has 21 nitrogen and oxygen atoms in total. The molecular formula is C33H41N7O14S. The van der Waals surface area contributed by atoms with Gasteiger partial charge in [0.15, 0.2) is 33.9 Å². The Balaban J connectivity index is 1.74. The first-order valence-corrected chi connectivity index (χ1v) is 17.8. The summed E-state index contributed by atoms with van der Waals surface area (Å²) in [5, 5.41) is 33.9. The zero-order chi connectivity index (χ0) is 40.2. The van der Waals surface area contributed by atoms with Crippen molar-refractivity contribution in [2.24, 2.45) is 0 Å². The van der Waals surface area contributed by atoms with E-state index in [-0.39, 0.29) is 54.8 Å². The summed E-state index contributed by atoms with van der Waals surface area (Å²) in [6.45, 7) is 3.58. The number of ether oxygens (including phenoxy) is 5. The fourth-order valence-corrected chi connectivity index (χ4v) is 6.52. The van der Waals surface area contributed by atoms with E-state index in [0.29, 0.717) is 15.4 Å². The van der Waals surface area contributed by atoms with Gasteiger partial charge in [0.25, 0.3) is 15.9 Å². The molecule has 4 aromatic rings. The molecule has 0 saturated heterocycles. The lowest BCUT2D eigenvalue weighted by molar-refractivity contribution is -0.527. The number of carbonyl (C=O) groups excluding carboxylic acids is 1. The number of hydrogen-bond acceptors (Lipinski definition) is 20. The summed E-state index contributed by atoms with van der Waals surface area (Å²) in [5.41, 5.74) is -1.02. The fraction of sp³-hybridized carbons (Fsp3) is 0.364. The molecule has 4 N–H and O–H groups in total. The van der Waals surface area contributed by atoms with E-state index >= 15 is 0 Å². The molecule has 55 heavy (non-hydrogen) atoms. The lowest BCUT2D eigenvalue weighted by Gasteiger charge is -2.37. The number of aromatic nitrogens is 4. The molecule has 0 radical (unpaired) electrons. The number of sulfonamides is 1. The molecule has 22 heteroatoms. The van der Waals surface area contributed by atoms with Crippen LogP contribution in [-0.4, -0.2) is 105 Å². The summed E-state index contributed by atoms with van der Waals surface area (Å²) in [6, 6.07) is 12.6. The van der Waals surface area contributed by atoms with Gasteiger partial charge in [0, 0.05) is 24.2 Å². The van der Waals surface area contributed by atoms with Gasteiger partial charge in [-0.05, 0) is 75.9 Å². The van der Waals surface area contributed by atoms with Gasteiger partial charge in [0.05, 0.1) is 31.6 Å². The molecule has 0 aliphatic carbocycles. The summed E-state index contributed by atoms with van der Waals surface area (Å²) in [5.74, 6) is -0.474. The number of nitrogens with zero attached hydrogens (tertiary/aromatic N) is 7. The Labute approximate surface area is 315 Å². The van der Waals surface area contributed by atoms with E-state index in [9.17, 15) is 13.2 Å². The first-order valence-electron chi connectivity index (χ1n) is 16.3. The molecule has 0 fully saturated rings. The van der Waals surface area contributed by atoms with Crippen LogP contribution in [0, 0.1) is 6.92 Å². The average molecular weight is 792 g/mol. The van der Waals surface area contributed by atoms with Crippen LogP contribution in [0.3, 0.4) is 0 Å². The summed E-state index contributed by atoms with van der Waals surface area (Å²) >= 11 is 0. The zero-order valence-corrected chi connectivity index (χ0v) is 31.2. The number of anilines is 1. The van der Waals surface area contributed by atoms with Gasteiger partial charge in [0.1, 0.15) is 12.7 Å². The number of unbranched alkanes of at least 4 members (excludes halogenated alkanes) is 1. The number of para-hydroxylation sites is 2. The maximum atomic E-state index is 14.7. The molecule has 0 aliphatic heterocycles. The molecule has 0 bridgehead atoms. The third-order valence-electron chi connectivity index (χ3n) is 7.39. The Hall–Kier alpha value is -5.30. The quantitative estimate of drug-likeness (QED) is 0.0409. The first-order chi connectivity index (χ1) is 26.2. The summed E-state index contributed by atoms with van der Waals surface area (Å²) in [4.78, 5) is 39.7. The van der Waals surface area contributed by atoms with Crippen LogP contribution in [0.2, 0.25) is 0 Å². The van der Waals surface area contributed by atoms with Crippen molar-refractivity contribution in [2.45, 2.75) is 56.9 Å². The molecule has 0 aliphatic rings. The Morgan fingerprint density at radius 3 is 2.24 bits per heavy atom. The smallest absolute Gasteiger partial charge is 0.493 e. The maximum absolute atomic E-state index is 14.7. The Bertz CT molecular complexity index is 1960. The molecule has 0 amide bonds. The molecule has 0 saturated carbocycles. The van der Waals surface area contributed by atoms with Crippen molar-refractivity contribution in [3.63, 3.8) is 0 Å². The van der Waals surface area contributed by atoms with Crippen LogP contribution in [0.5, 0.6) is 23.1 Å². The van der Waals surface area contributed by atoms with E-state index in [4.69, 9.17) is 44.5 Å². The van der Waals surface area contributed by atoms with Crippen molar-refractivity contribution in [2.75, 3.05) is 31.7 Å². The van der Waals surface area contributed by atoms with Crippen LogP contribution >= 0.6 is 0 Å². The number of hydrogen-bond donors (Lipinski definition) is 4. The van der Waals surface area contributed by atoms with Gasteiger partial charge in [-0.2, -0.15) is 13.4 Å². The van der Waals surface area contributed by atoms with Crippen LogP contribution in [0.25, 0.3) is 11.4 Å². The lowest BCUT2D eigenvalue weighted by atomic mass is 10.2. The van der Waals surface area contributed by atoms with Crippen molar-refractivity contribution in [1.82, 2.24) is 30.7 Å². The molecule has 1 aromatic carbocycles. The molecule has 3 aromatic heterocycles. The van der Waals surface area contributed by atoms with E-state index < -0.39 is 56.2 Å². The van der Waals surface area contributed by atoms with Gasteiger partial charge in [-0.1, -0.05) is 18.2 Å². The minimum atomic E-state index is -4.78. The highest BCUT2D eigenvalue weighted by atomic mass is 32.2. The minimum absolute atomic E-state index is 0.000884. The first kappa shape index (κ1) is 42.4. The van der Waals surface area contributed by atoms with Crippen molar-refractivity contribution >= 4 is 22.0 Å². The van der Waals surface area contributed by atoms with Crippen molar-refractivity contribution in [3.8, 4) is 34.5 Å². The predicted octanol–water partition coefficient (Wildman–Crippen LogP) is 4.70. The summed E-state index contributed by atoms with van der Waals surface area (Å²) < 4.78 is 58.5. The highest BCUT2D eigenvalue weighted by molar-refractivity contribution is 7.92. The predicted molar refractivity (Wildman–Crippen MR) is 186 cm³/mol. The summed E-state index contributed by atoms with van der Waals surface area (Å²) in [6.07, 6.45) is 2.52. The Kier molecular flexibility index (Phi) is 14.9. The fourth-order valence-electron chi connectivity index (χ4n) is 4.94. The molecule has 0 spiro atoms. The number of pyridine rings is 2. The third-order valence-corrected chi connectivity index (χ3v) is 9.26. The van der Waals surface area contributed by atoms with Gasteiger partial charge < -0.3 is 23.7 Å². The van der Waals surface area contributed by atoms with Crippen molar-refractivity contribution in [3.05, 3.63) is 72.7 Å². The highest BCUT2D eigenvalue weighted by Crippen LogP contribution is 2.46. The SMILES string of the molecule is COc1ccccc1Oc1c(OC)nc(-c2ccncc2)nc1N(C(C)(C)OC(=O)OCCCCC(CON(O)O)ON(O)O)S(=O)(=O)c1ccc(C)cn1. The van der Waals surface area contributed by atoms with E-state index in [1.165, 1.54) is 52.7 Å². The number of methoxy groups -OCH3 is 2. The number of rotatable bonds is 20. The van der Waals surface area contributed by atoms with E-state index in [1.54, 1.807) is 49.4 Å². The van der Waals surface area contributed by atoms with Crippen LogP contribution in [0.4, 0.5) is 10.6 Å². The molecule has 4 rings (SSSR count). The van der Waals surface area contributed by atoms with E-state index in [1.807, 2.05) is 0 Å². The van der Waals surface area contributed by atoms with Crippen LogP contribution in [0.1, 0.15) is 38.7 Å². The molecule has 298 valence electrons.